The Labute approximate surface area is 112 Å². The topological polar surface area (TPSA) is 56.8 Å². The SMILES string of the molecule is CCOC(=O)NCCCCCC(C)[SiH](OC)OC. The van der Waals surface area contributed by atoms with Gasteiger partial charge in [0.25, 0.3) is 0 Å². The van der Waals surface area contributed by atoms with Gasteiger partial charge in [-0.2, -0.15) is 0 Å². The van der Waals surface area contributed by atoms with Gasteiger partial charge in [0.2, 0.25) is 0 Å². The second kappa shape index (κ2) is 11.5. The number of carbonyl (C=O) groups is 1. The van der Waals surface area contributed by atoms with Gasteiger partial charge in [-0.3, -0.25) is 0 Å². The van der Waals surface area contributed by atoms with Crippen molar-refractivity contribution in [2.45, 2.75) is 45.1 Å². The maximum Gasteiger partial charge on any atom is 0.407 e. The van der Waals surface area contributed by atoms with Crippen molar-refractivity contribution in [3.05, 3.63) is 0 Å². The summed E-state index contributed by atoms with van der Waals surface area (Å²) in [7, 11) is 1.98. The number of unbranched alkanes of at least 4 members (excludes halogenated alkanes) is 2. The zero-order valence-corrected chi connectivity index (χ0v) is 13.2. The molecule has 0 fully saturated rings. The number of ether oxygens (including phenoxy) is 1. The van der Waals surface area contributed by atoms with E-state index in [0.717, 1.165) is 25.7 Å². The van der Waals surface area contributed by atoms with E-state index < -0.39 is 9.28 Å². The lowest BCUT2D eigenvalue weighted by molar-refractivity contribution is 0.152. The summed E-state index contributed by atoms with van der Waals surface area (Å²) in [5, 5.41) is 2.71. The smallest absolute Gasteiger partial charge is 0.407 e. The standard InChI is InChI=1S/C12H27NO4Si/c1-5-17-12(14)13-10-8-6-7-9-11(2)18(15-3)16-4/h11,18H,5-10H2,1-4H3,(H,13,14). The molecule has 0 saturated heterocycles. The predicted octanol–water partition coefficient (Wildman–Crippen LogP) is 2.20. The molecule has 1 N–H and O–H groups in total. The van der Waals surface area contributed by atoms with Gasteiger partial charge >= 0.3 is 15.4 Å². The van der Waals surface area contributed by atoms with Gasteiger partial charge in [-0.25, -0.2) is 4.79 Å². The Morgan fingerprint density at radius 3 is 2.44 bits per heavy atom. The molecule has 0 radical (unpaired) electrons. The number of alkyl carbamates (subject to hydrolysis) is 1. The van der Waals surface area contributed by atoms with E-state index in [-0.39, 0.29) is 6.09 Å². The van der Waals surface area contributed by atoms with Crippen LogP contribution in [0, 0.1) is 0 Å². The van der Waals surface area contributed by atoms with Gasteiger partial charge < -0.3 is 18.9 Å². The molecular formula is C12H27NO4Si. The number of amides is 1. The molecule has 0 saturated carbocycles. The van der Waals surface area contributed by atoms with Crippen LogP contribution in [0.3, 0.4) is 0 Å². The minimum absolute atomic E-state index is 0.322. The molecule has 0 aromatic heterocycles. The van der Waals surface area contributed by atoms with Crippen molar-refractivity contribution in [1.82, 2.24) is 5.32 Å². The fraction of sp³-hybridized carbons (Fsp3) is 0.917. The molecule has 6 heteroatoms. The van der Waals surface area contributed by atoms with Gasteiger partial charge in [0.05, 0.1) is 6.61 Å². The van der Waals surface area contributed by atoms with Crippen LogP contribution in [0.2, 0.25) is 5.54 Å². The molecule has 0 aliphatic rings. The molecule has 0 aliphatic carbocycles. The molecular weight excluding hydrogens is 250 g/mol. The fourth-order valence-electron chi connectivity index (χ4n) is 1.84. The average Bonchev–Trinajstić information content (AvgIpc) is 2.35. The second-order valence-corrected chi connectivity index (χ2v) is 7.13. The number of rotatable bonds is 10. The van der Waals surface area contributed by atoms with E-state index in [1.54, 1.807) is 21.1 Å². The van der Waals surface area contributed by atoms with Gasteiger partial charge in [-0.05, 0) is 25.3 Å². The van der Waals surface area contributed by atoms with Crippen LogP contribution in [0.1, 0.15) is 39.5 Å². The molecule has 0 rings (SSSR count). The zero-order valence-electron chi connectivity index (χ0n) is 12.0. The van der Waals surface area contributed by atoms with Crippen molar-refractivity contribution >= 4 is 15.4 Å². The summed E-state index contributed by atoms with van der Waals surface area (Å²) in [5.74, 6) is 0. The van der Waals surface area contributed by atoms with Crippen molar-refractivity contribution in [2.75, 3.05) is 27.4 Å². The van der Waals surface area contributed by atoms with E-state index >= 15 is 0 Å². The number of hydrogen-bond donors (Lipinski definition) is 1. The summed E-state index contributed by atoms with van der Waals surface area (Å²) in [4.78, 5) is 11.0. The third-order valence-electron chi connectivity index (χ3n) is 2.81. The molecule has 5 nitrogen and oxygen atoms in total. The van der Waals surface area contributed by atoms with Crippen molar-refractivity contribution in [3.8, 4) is 0 Å². The Morgan fingerprint density at radius 1 is 1.22 bits per heavy atom. The molecule has 0 spiro atoms. The van der Waals surface area contributed by atoms with Gasteiger partial charge in [-0.1, -0.05) is 19.8 Å². The first-order chi connectivity index (χ1) is 8.65. The Kier molecular flexibility index (Phi) is 11.1. The highest BCUT2D eigenvalue weighted by Gasteiger charge is 2.18. The molecule has 108 valence electrons. The molecule has 0 aromatic rings. The van der Waals surface area contributed by atoms with Crippen LogP contribution in [0.5, 0.6) is 0 Å². The first-order valence-electron chi connectivity index (χ1n) is 6.61. The van der Waals surface area contributed by atoms with Crippen LogP contribution < -0.4 is 5.32 Å². The zero-order chi connectivity index (χ0) is 13.8. The monoisotopic (exact) mass is 277 g/mol. The van der Waals surface area contributed by atoms with Gasteiger partial charge in [0, 0.05) is 20.8 Å². The molecule has 1 unspecified atom stereocenters. The van der Waals surface area contributed by atoms with Gasteiger partial charge in [-0.15, -0.1) is 0 Å². The Hall–Kier alpha value is -0.593. The van der Waals surface area contributed by atoms with Crippen molar-refractivity contribution in [1.29, 1.82) is 0 Å². The first-order valence-corrected chi connectivity index (χ1v) is 8.22. The lowest BCUT2D eigenvalue weighted by atomic mass is 10.1. The summed E-state index contributed by atoms with van der Waals surface area (Å²) in [6.07, 6.45) is 4.03. The number of hydrogen-bond acceptors (Lipinski definition) is 4. The van der Waals surface area contributed by atoms with Crippen LogP contribution in [0.15, 0.2) is 0 Å². The number of nitrogens with one attached hydrogen (secondary N) is 1. The second-order valence-electron chi connectivity index (χ2n) is 4.31. The predicted molar refractivity (Wildman–Crippen MR) is 74.1 cm³/mol. The largest absolute Gasteiger partial charge is 0.450 e. The van der Waals surface area contributed by atoms with E-state index in [1.165, 1.54) is 0 Å². The van der Waals surface area contributed by atoms with Crippen LogP contribution >= 0.6 is 0 Å². The normalized spacial score (nSPS) is 12.5. The van der Waals surface area contributed by atoms with Crippen molar-refractivity contribution < 1.29 is 18.4 Å². The summed E-state index contributed by atoms with van der Waals surface area (Å²) < 4.78 is 15.5. The molecule has 18 heavy (non-hydrogen) atoms. The van der Waals surface area contributed by atoms with Gasteiger partial charge in [0.15, 0.2) is 0 Å². The molecule has 0 aromatic carbocycles. The highest BCUT2D eigenvalue weighted by molar-refractivity contribution is 6.46. The molecule has 0 aliphatic heterocycles. The van der Waals surface area contributed by atoms with Crippen molar-refractivity contribution in [3.63, 3.8) is 0 Å². The summed E-state index contributed by atoms with van der Waals surface area (Å²) in [6, 6.07) is 0. The van der Waals surface area contributed by atoms with Crippen LogP contribution in [-0.2, 0) is 13.6 Å². The third-order valence-corrected chi connectivity index (χ3v) is 5.00. The minimum Gasteiger partial charge on any atom is -0.450 e. The highest BCUT2D eigenvalue weighted by atomic mass is 28.3. The maximum atomic E-state index is 11.0. The third kappa shape index (κ3) is 8.49. The molecule has 1 amide bonds. The average molecular weight is 277 g/mol. The van der Waals surface area contributed by atoms with E-state index in [1.807, 2.05) is 0 Å². The molecule has 1 atom stereocenters. The highest BCUT2D eigenvalue weighted by Crippen LogP contribution is 2.18. The first kappa shape index (κ1) is 17.4. The lowest BCUT2D eigenvalue weighted by Gasteiger charge is -2.18. The molecule has 0 bridgehead atoms. The Morgan fingerprint density at radius 2 is 1.89 bits per heavy atom. The summed E-state index contributed by atoms with van der Waals surface area (Å²) in [6.45, 7) is 5.08. The van der Waals surface area contributed by atoms with Gasteiger partial charge in [0.1, 0.15) is 0 Å². The Balaban J connectivity index is 3.42. The van der Waals surface area contributed by atoms with E-state index in [2.05, 4.69) is 12.2 Å². The van der Waals surface area contributed by atoms with Crippen LogP contribution in [0.25, 0.3) is 0 Å². The fourth-order valence-corrected chi connectivity index (χ4v) is 3.47. The van der Waals surface area contributed by atoms with Crippen molar-refractivity contribution in [2.24, 2.45) is 0 Å². The van der Waals surface area contributed by atoms with Crippen LogP contribution in [0.4, 0.5) is 4.79 Å². The Bertz CT molecular complexity index is 212. The maximum absolute atomic E-state index is 11.0. The summed E-state index contributed by atoms with van der Waals surface area (Å²) >= 11 is 0. The quantitative estimate of drug-likeness (QED) is 0.491. The lowest BCUT2D eigenvalue weighted by Crippen LogP contribution is -2.25. The van der Waals surface area contributed by atoms with E-state index in [0.29, 0.717) is 18.7 Å². The number of carbonyl (C=O) groups excluding carboxylic acids is 1. The summed E-state index contributed by atoms with van der Waals surface area (Å²) in [5.41, 5.74) is 0.526. The van der Waals surface area contributed by atoms with E-state index in [9.17, 15) is 4.79 Å². The van der Waals surface area contributed by atoms with E-state index in [4.69, 9.17) is 13.6 Å². The molecule has 0 heterocycles. The minimum atomic E-state index is -1.46. The van der Waals surface area contributed by atoms with Crippen LogP contribution in [-0.4, -0.2) is 42.7 Å².